The average molecular weight is 212 g/mol. The number of nitrogens with one attached hydrogen (secondary N) is 1. The second-order valence-electron chi connectivity index (χ2n) is 4.00. The van der Waals surface area contributed by atoms with Crippen LogP contribution in [-0.4, -0.2) is 26.7 Å². The van der Waals surface area contributed by atoms with Gasteiger partial charge in [0.1, 0.15) is 11.6 Å². The third-order valence-electron chi connectivity index (χ3n) is 2.72. The highest BCUT2D eigenvalue weighted by Crippen LogP contribution is 2.20. The lowest BCUT2D eigenvalue weighted by atomic mass is 10.0. The van der Waals surface area contributed by atoms with Gasteiger partial charge in [-0.25, -0.2) is 8.78 Å². The van der Waals surface area contributed by atoms with Crippen molar-refractivity contribution in [3.63, 3.8) is 0 Å². The van der Waals surface area contributed by atoms with E-state index >= 15 is 0 Å². The zero-order valence-electron chi connectivity index (χ0n) is 8.63. The van der Waals surface area contributed by atoms with E-state index in [-0.39, 0.29) is 5.82 Å². The molecule has 0 unspecified atom stereocenters. The fourth-order valence-electron chi connectivity index (χ4n) is 1.74. The first kappa shape index (κ1) is 10.4. The van der Waals surface area contributed by atoms with Crippen molar-refractivity contribution in [2.75, 3.05) is 31.6 Å². The van der Waals surface area contributed by atoms with E-state index in [4.69, 9.17) is 0 Å². The number of anilines is 1. The second kappa shape index (κ2) is 4.14. The van der Waals surface area contributed by atoms with Crippen LogP contribution >= 0.6 is 0 Å². The minimum absolute atomic E-state index is 0.335. The Morgan fingerprint density at radius 1 is 1.40 bits per heavy atom. The van der Waals surface area contributed by atoms with E-state index in [2.05, 4.69) is 5.32 Å². The summed E-state index contributed by atoms with van der Waals surface area (Å²) in [5.74, 6) is -0.228. The molecule has 0 amide bonds. The molecular formula is C11H14F2N2. The van der Waals surface area contributed by atoms with E-state index < -0.39 is 5.82 Å². The van der Waals surface area contributed by atoms with Crippen LogP contribution in [0.25, 0.3) is 0 Å². The van der Waals surface area contributed by atoms with Crippen molar-refractivity contribution >= 4 is 5.69 Å². The maximum absolute atomic E-state index is 13.4. The van der Waals surface area contributed by atoms with E-state index in [1.165, 1.54) is 12.1 Å². The zero-order chi connectivity index (χ0) is 10.8. The van der Waals surface area contributed by atoms with Gasteiger partial charge in [-0.3, -0.25) is 0 Å². The molecule has 0 saturated carbocycles. The van der Waals surface area contributed by atoms with Gasteiger partial charge in [-0.2, -0.15) is 0 Å². The van der Waals surface area contributed by atoms with Crippen LogP contribution < -0.4 is 10.2 Å². The predicted octanol–water partition coefficient (Wildman–Crippen LogP) is 1.62. The van der Waals surface area contributed by atoms with Gasteiger partial charge in [0, 0.05) is 38.7 Å². The van der Waals surface area contributed by atoms with Crippen molar-refractivity contribution in [2.24, 2.45) is 5.92 Å². The lowest BCUT2D eigenvalue weighted by Gasteiger charge is -2.32. The largest absolute Gasteiger partial charge is 0.372 e. The average Bonchev–Trinajstić information content (AvgIpc) is 2.15. The molecule has 1 heterocycles. The highest BCUT2D eigenvalue weighted by Gasteiger charge is 2.20. The Morgan fingerprint density at radius 3 is 2.73 bits per heavy atom. The van der Waals surface area contributed by atoms with Gasteiger partial charge < -0.3 is 10.2 Å². The third kappa shape index (κ3) is 2.26. The van der Waals surface area contributed by atoms with Crippen molar-refractivity contribution in [1.29, 1.82) is 0 Å². The number of benzene rings is 1. The molecule has 0 spiro atoms. The minimum atomic E-state index is -0.398. The minimum Gasteiger partial charge on any atom is -0.372 e. The monoisotopic (exact) mass is 212 g/mol. The first-order chi connectivity index (χ1) is 7.16. The van der Waals surface area contributed by atoms with Crippen molar-refractivity contribution < 1.29 is 8.78 Å². The first-order valence-electron chi connectivity index (χ1n) is 5.03. The van der Waals surface area contributed by atoms with Crippen molar-refractivity contribution in [3.05, 3.63) is 29.8 Å². The molecule has 1 aromatic carbocycles. The van der Waals surface area contributed by atoms with Crippen molar-refractivity contribution in [3.8, 4) is 0 Å². The molecule has 0 aliphatic carbocycles. The van der Waals surface area contributed by atoms with Crippen LogP contribution in [0.3, 0.4) is 0 Å². The summed E-state index contributed by atoms with van der Waals surface area (Å²) in [7, 11) is 1.79. The first-order valence-corrected chi connectivity index (χ1v) is 5.03. The predicted molar refractivity (Wildman–Crippen MR) is 56.0 cm³/mol. The van der Waals surface area contributed by atoms with Gasteiger partial charge in [0.25, 0.3) is 0 Å². The highest BCUT2D eigenvalue weighted by molar-refractivity contribution is 5.47. The molecule has 1 aliphatic heterocycles. The molecule has 1 aromatic rings. The van der Waals surface area contributed by atoms with Crippen LogP contribution in [0.4, 0.5) is 14.5 Å². The molecule has 1 aliphatic rings. The normalized spacial score (nSPS) is 16.2. The molecule has 15 heavy (non-hydrogen) atoms. The Kier molecular flexibility index (Phi) is 2.86. The maximum atomic E-state index is 13.4. The Balaban J connectivity index is 2.09. The van der Waals surface area contributed by atoms with Gasteiger partial charge in [-0.05, 0) is 12.1 Å². The Bertz CT molecular complexity index is 350. The summed E-state index contributed by atoms with van der Waals surface area (Å²) in [5, 5.41) is 3.15. The molecule has 0 aromatic heterocycles. The summed E-state index contributed by atoms with van der Waals surface area (Å²) in [6, 6.07) is 3.54. The van der Waals surface area contributed by atoms with E-state index in [9.17, 15) is 8.78 Å². The molecule has 2 rings (SSSR count). The highest BCUT2D eigenvalue weighted by atomic mass is 19.1. The Hall–Kier alpha value is -1.16. The molecule has 1 fully saturated rings. The topological polar surface area (TPSA) is 15.3 Å². The molecular weight excluding hydrogens is 198 g/mol. The Morgan fingerprint density at radius 2 is 2.13 bits per heavy atom. The van der Waals surface area contributed by atoms with E-state index in [1.807, 2.05) is 0 Å². The van der Waals surface area contributed by atoms with Gasteiger partial charge in [-0.15, -0.1) is 0 Å². The van der Waals surface area contributed by atoms with Gasteiger partial charge in [-0.1, -0.05) is 0 Å². The van der Waals surface area contributed by atoms with Crippen molar-refractivity contribution in [1.82, 2.24) is 5.32 Å². The lowest BCUT2D eigenvalue weighted by Crippen LogP contribution is -2.47. The molecule has 1 saturated heterocycles. The molecule has 0 bridgehead atoms. The lowest BCUT2D eigenvalue weighted by molar-refractivity contribution is 0.352. The fourth-order valence-corrected chi connectivity index (χ4v) is 1.74. The zero-order valence-corrected chi connectivity index (χ0v) is 8.63. The van der Waals surface area contributed by atoms with Crippen molar-refractivity contribution in [2.45, 2.75) is 0 Å². The smallest absolute Gasteiger partial charge is 0.146 e. The number of hydrogen-bond donors (Lipinski definition) is 1. The number of hydrogen-bond acceptors (Lipinski definition) is 2. The quantitative estimate of drug-likeness (QED) is 0.819. The van der Waals surface area contributed by atoms with E-state index in [1.54, 1.807) is 11.9 Å². The molecule has 0 atom stereocenters. The van der Waals surface area contributed by atoms with Gasteiger partial charge in [0.15, 0.2) is 0 Å². The van der Waals surface area contributed by atoms with Crippen LogP contribution in [0.2, 0.25) is 0 Å². The van der Waals surface area contributed by atoms with Crippen LogP contribution in [0.5, 0.6) is 0 Å². The molecule has 82 valence electrons. The summed E-state index contributed by atoms with van der Waals surface area (Å²) < 4.78 is 26.3. The summed E-state index contributed by atoms with van der Waals surface area (Å²) >= 11 is 0. The fraction of sp³-hybridized carbons (Fsp3) is 0.455. The van der Waals surface area contributed by atoms with Crippen LogP contribution in [-0.2, 0) is 0 Å². The number of nitrogens with zero attached hydrogens (tertiary/aromatic N) is 1. The standard InChI is InChI=1S/C11H14F2N2/c1-15(7-8-5-14-6-8)11-4-9(12)2-3-10(11)13/h2-4,8,14H,5-7H2,1H3. The number of halogens is 2. The maximum Gasteiger partial charge on any atom is 0.146 e. The Labute approximate surface area is 87.9 Å². The van der Waals surface area contributed by atoms with Gasteiger partial charge in [0.2, 0.25) is 0 Å². The molecule has 2 nitrogen and oxygen atoms in total. The summed E-state index contributed by atoms with van der Waals surface area (Å²) in [5.41, 5.74) is 0.335. The second-order valence-corrected chi connectivity index (χ2v) is 4.00. The van der Waals surface area contributed by atoms with Gasteiger partial charge >= 0.3 is 0 Å². The van der Waals surface area contributed by atoms with Crippen LogP contribution in [0, 0.1) is 17.6 Å². The number of rotatable bonds is 3. The summed E-state index contributed by atoms with van der Waals surface area (Å²) in [6.45, 7) is 2.68. The molecule has 4 heteroatoms. The third-order valence-corrected chi connectivity index (χ3v) is 2.72. The van der Waals surface area contributed by atoms with Gasteiger partial charge in [0.05, 0.1) is 5.69 Å². The van der Waals surface area contributed by atoms with E-state index in [0.29, 0.717) is 11.6 Å². The van der Waals surface area contributed by atoms with E-state index in [0.717, 1.165) is 25.7 Å². The SMILES string of the molecule is CN(CC1CNC1)c1cc(F)ccc1F. The molecule has 0 radical (unpaired) electrons. The molecule has 1 N–H and O–H groups in total. The van der Waals surface area contributed by atoms with Crippen LogP contribution in [0.1, 0.15) is 0 Å². The summed E-state index contributed by atoms with van der Waals surface area (Å²) in [6.07, 6.45) is 0. The van der Waals surface area contributed by atoms with Crippen LogP contribution in [0.15, 0.2) is 18.2 Å². The summed E-state index contributed by atoms with van der Waals surface area (Å²) in [4.78, 5) is 1.77.